The van der Waals surface area contributed by atoms with Gasteiger partial charge in [0.15, 0.2) is 0 Å². The summed E-state index contributed by atoms with van der Waals surface area (Å²) in [5.41, 5.74) is 0. The zero-order valence-electron chi connectivity index (χ0n) is 14.3. The summed E-state index contributed by atoms with van der Waals surface area (Å²) in [5.74, 6) is 6.79. The van der Waals surface area contributed by atoms with E-state index in [0.29, 0.717) is 6.42 Å². The zero-order valence-corrected chi connectivity index (χ0v) is 16.4. The molecule has 0 amide bonds. The molecular formula is C18H12Co2O8. The maximum atomic E-state index is 10.7. The third kappa shape index (κ3) is 49.5. The Morgan fingerprint density at radius 1 is 0.964 bits per heavy atom. The van der Waals surface area contributed by atoms with Crippen molar-refractivity contribution in [2.75, 3.05) is 0 Å². The van der Waals surface area contributed by atoms with Crippen LogP contribution in [0.5, 0.6) is 0 Å². The van der Waals surface area contributed by atoms with Crippen LogP contribution in [-0.4, -0.2) is 5.78 Å². The Hall–Kier alpha value is -2.30. The average molecular weight is 474 g/mol. The molecule has 0 spiro atoms. The molecule has 150 valence electrons. The molecule has 0 aliphatic heterocycles. The summed E-state index contributed by atoms with van der Waals surface area (Å²) in [7, 11) is 0. The predicted molar refractivity (Wildman–Crippen MR) is 78.3 cm³/mol. The van der Waals surface area contributed by atoms with Gasteiger partial charge >= 0.3 is 67.8 Å². The molecule has 10 heteroatoms. The minimum absolute atomic E-state index is 0. The molecular weight excluding hydrogens is 462 g/mol. The topological polar surface area (TPSA) is 150 Å². The van der Waals surface area contributed by atoms with Crippen LogP contribution in [0.1, 0.15) is 17.9 Å². The van der Waals surface area contributed by atoms with Crippen LogP contribution in [0.15, 0.2) is 29.2 Å². The summed E-state index contributed by atoms with van der Waals surface area (Å²) < 4.78 is 50.3. The molecule has 1 aromatic heterocycles. The number of hydrogen-bond acceptors (Lipinski definition) is 2. The van der Waals surface area contributed by atoms with Crippen molar-refractivity contribution in [1.82, 2.24) is 0 Å². The molecule has 0 N–H and O–H groups in total. The van der Waals surface area contributed by atoms with E-state index in [2.05, 4.69) is 58.3 Å². The molecule has 2 radical (unpaired) electrons. The number of aryl methyl sites for hydroxylation is 2. The van der Waals surface area contributed by atoms with Crippen LogP contribution in [0, 0.1) is 58.7 Å². The Labute approximate surface area is 184 Å². The fraction of sp³-hybridized carbons (Fsp3) is 0.167. The van der Waals surface area contributed by atoms with Gasteiger partial charge in [-0.25, -0.2) is 0 Å². The minimum Gasteiger partial charge on any atom is 0 e. The number of ketones is 1. The van der Waals surface area contributed by atoms with Gasteiger partial charge in [-0.3, -0.25) is 4.79 Å². The van der Waals surface area contributed by atoms with Crippen molar-refractivity contribution in [3.8, 4) is 11.8 Å². The molecule has 8 nitrogen and oxygen atoms in total. The SMILES string of the molecule is C=CC(=O)C#CCCc1ccc(C)o1.[C-]#[O+].[C-]#[O+].[C-]#[O+].[C-]#[O+].[C-]#[O+].[C-]#[O+].[Co].[Co]. The first-order valence-corrected chi connectivity index (χ1v) is 5.65. The maximum absolute atomic E-state index is 10.7. The maximum Gasteiger partial charge on any atom is 0 e. The van der Waals surface area contributed by atoms with Crippen molar-refractivity contribution < 1.29 is 70.7 Å². The summed E-state index contributed by atoms with van der Waals surface area (Å²) >= 11 is 0. The molecule has 0 aliphatic rings. The number of carbonyl (C=O) groups is 1. The fourth-order valence-corrected chi connectivity index (χ4v) is 1.01. The first-order chi connectivity index (χ1) is 12.7. The summed E-state index contributed by atoms with van der Waals surface area (Å²) in [6.07, 6.45) is 2.59. The van der Waals surface area contributed by atoms with Gasteiger partial charge < -0.3 is 4.42 Å². The standard InChI is InChI=1S/C12H12O2.6CO.2Co/c1-3-11(13)6-4-5-7-12-9-8-10(2)14-12;6*1-2;;/h3,8-9H,1,5,7H2,2H3;;;;;;;;. The second-order valence-corrected chi connectivity index (χ2v) is 2.88. The molecule has 1 heterocycles. The Bertz CT molecular complexity index is 591. The van der Waals surface area contributed by atoms with Gasteiger partial charge in [-0.05, 0) is 31.1 Å². The normalized spacial score (nSPS) is 4.89. The molecule has 1 rings (SSSR count). The smallest absolute Gasteiger partial charge is 0 e. The second kappa shape index (κ2) is 64.2. The molecule has 0 saturated heterocycles. The van der Waals surface area contributed by atoms with E-state index >= 15 is 0 Å². The van der Waals surface area contributed by atoms with Crippen LogP contribution < -0.4 is 0 Å². The van der Waals surface area contributed by atoms with Crippen LogP contribution in [0.25, 0.3) is 0 Å². The van der Waals surface area contributed by atoms with Crippen LogP contribution in [0.3, 0.4) is 0 Å². The Balaban J connectivity index is -0.0000000410. The molecule has 0 fully saturated rings. The minimum atomic E-state index is -0.236. The Morgan fingerprint density at radius 2 is 1.36 bits per heavy atom. The van der Waals surface area contributed by atoms with Gasteiger partial charge in [-0.1, -0.05) is 12.5 Å². The van der Waals surface area contributed by atoms with E-state index in [1.807, 2.05) is 19.1 Å². The number of hydrogen-bond donors (Lipinski definition) is 0. The molecule has 0 aliphatic carbocycles. The molecule has 1 aromatic rings. The van der Waals surface area contributed by atoms with Gasteiger partial charge in [0.1, 0.15) is 11.5 Å². The zero-order chi connectivity index (χ0) is 22.4. The first kappa shape index (κ1) is 50.0. The van der Waals surface area contributed by atoms with Gasteiger partial charge in [-0.15, -0.1) is 0 Å². The van der Waals surface area contributed by atoms with Crippen LogP contribution in [0.4, 0.5) is 0 Å². The molecule has 0 bridgehead atoms. The largest absolute Gasteiger partial charge is 0 e. The van der Waals surface area contributed by atoms with Gasteiger partial charge in [0, 0.05) is 46.4 Å². The van der Waals surface area contributed by atoms with Gasteiger partial charge in [-0.2, -0.15) is 0 Å². The van der Waals surface area contributed by atoms with Crippen molar-refractivity contribution in [1.29, 1.82) is 0 Å². The predicted octanol–water partition coefficient (Wildman–Crippen LogP) is 2.05. The summed E-state index contributed by atoms with van der Waals surface area (Å²) in [5, 5.41) is 0. The van der Waals surface area contributed by atoms with E-state index in [4.69, 9.17) is 32.3 Å². The molecule has 0 atom stereocenters. The van der Waals surface area contributed by atoms with E-state index < -0.39 is 0 Å². The van der Waals surface area contributed by atoms with Crippen molar-refractivity contribution >= 4 is 5.78 Å². The number of rotatable bonds is 3. The van der Waals surface area contributed by atoms with E-state index in [-0.39, 0.29) is 39.3 Å². The quantitative estimate of drug-likeness (QED) is 0.217. The third-order valence-electron chi connectivity index (χ3n) is 1.69. The third-order valence-corrected chi connectivity index (χ3v) is 1.69. The number of allylic oxidation sites excluding steroid dienone is 1. The van der Waals surface area contributed by atoms with Crippen molar-refractivity contribution in [2.24, 2.45) is 0 Å². The van der Waals surface area contributed by atoms with Crippen molar-refractivity contribution in [3.05, 3.63) is 76.2 Å². The number of carbonyl (C=O) groups excluding carboxylic acids is 1. The average Bonchev–Trinajstić information content (AvgIpc) is 3.19. The summed E-state index contributed by atoms with van der Waals surface area (Å²) in [4.78, 5) is 10.7. The molecule has 0 aromatic carbocycles. The molecule has 28 heavy (non-hydrogen) atoms. The van der Waals surface area contributed by atoms with Crippen molar-refractivity contribution in [2.45, 2.75) is 19.8 Å². The van der Waals surface area contributed by atoms with Gasteiger partial charge in [0.05, 0.1) is 0 Å². The monoisotopic (exact) mass is 474 g/mol. The summed E-state index contributed by atoms with van der Waals surface area (Å²) in [6, 6.07) is 3.84. The van der Waals surface area contributed by atoms with Gasteiger partial charge in [0.25, 0.3) is 0 Å². The molecule has 0 unspecified atom stereocenters. The second-order valence-electron chi connectivity index (χ2n) is 2.88. The van der Waals surface area contributed by atoms with E-state index in [9.17, 15) is 4.79 Å². The Morgan fingerprint density at radius 3 is 1.64 bits per heavy atom. The first-order valence-electron chi connectivity index (χ1n) is 5.65. The Kier molecular flexibility index (Phi) is 115. The van der Waals surface area contributed by atoms with E-state index in [0.717, 1.165) is 17.9 Å². The summed E-state index contributed by atoms with van der Waals surface area (Å²) in [6.45, 7) is 32.2. The fourth-order valence-electron chi connectivity index (χ4n) is 1.01. The van der Waals surface area contributed by atoms with E-state index in [1.54, 1.807) is 0 Å². The number of furan rings is 1. The van der Waals surface area contributed by atoms with Crippen LogP contribution >= 0.6 is 0 Å². The van der Waals surface area contributed by atoms with Crippen LogP contribution in [-0.2, 0) is 72.7 Å². The van der Waals surface area contributed by atoms with E-state index in [1.165, 1.54) is 6.08 Å². The molecule has 0 saturated carbocycles. The van der Waals surface area contributed by atoms with Gasteiger partial charge in [0.2, 0.25) is 5.78 Å². The van der Waals surface area contributed by atoms with Crippen molar-refractivity contribution in [3.63, 3.8) is 0 Å². The van der Waals surface area contributed by atoms with Crippen LogP contribution in [0.2, 0.25) is 0 Å².